The smallest absolute Gasteiger partial charge is 0.252 e. The van der Waals surface area contributed by atoms with E-state index in [1.165, 1.54) is 12.1 Å². The lowest BCUT2D eigenvalue weighted by Gasteiger charge is -2.19. The second-order valence-corrected chi connectivity index (χ2v) is 6.59. The van der Waals surface area contributed by atoms with Gasteiger partial charge in [0.05, 0.1) is 5.56 Å². The largest absolute Gasteiger partial charge is 0.373 e. The van der Waals surface area contributed by atoms with Crippen LogP contribution in [0.15, 0.2) is 53.0 Å². The summed E-state index contributed by atoms with van der Waals surface area (Å²) in [6.45, 7) is 1.37. The van der Waals surface area contributed by atoms with Crippen LogP contribution in [0.5, 0.6) is 0 Å². The van der Waals surface area contributed by atoms with Crippen LogP contribution in [0.3, 0.4) is 0 Å². The zero-order chi connectivity index (χ0) is 18.9. The number of para-hydroxylation sites is 1. The molecule has 0 spiro atoms. The van der Waals surface area contributed by atoms with Crippen molar-refractivity contribution < 1.29 is 14.0 Å². The van der Waals surface area contributed by atoms with Crippen LogP contribution in [0.4, 0.5) is 10.1 Å². The molecule has 0 aliphatic rings. The number of benzene rings is 2. The molecule has 0 fully saturated rings. The van der Waals surface area contributed by atoms with Crippen molar-refractivity contribution in [2.75, 3.05) is 31.6 Å². The third kappa shape index (κ3) is 6.15. The minimum absolute atomic E-state index is 0.148. The highest BCUT2D eigenvalue weighted by Gasteiger charge is 2.11. The van der Waals surface area contributed by atoms with Gasteiger partial charge < -0.3 is 15.5 Å². The number of carbonyl (C=O) groups excluding carboxylic acids is 2. The van der Waals surface area contributed by atoms with Gasteiger partial charge in [-0.15, -0.1) is 0 Å². The Hall–Kier alpha value is -2.41. The first kappa shape index (κ1) is 19.9. The molecule has 2 N–H and O–H groups in total. The third-order valence-corrected chi connectivity index (χ3v) is 4.47. The summed E-state index contributed by atoms with van der Waals surface area (Å²) in [5.41, 5.74) is 1.28. The van der Waals surface area contributed by atoms with Crippen molar-refractivity contribution in [2.45, 2.75) is 6.42 Å². The van der Waals surface area contributed by atoms with E-state index in [0.717, 1.165) is 11.8 Å². The fourth-order valence-electron chi connectivity index (χ4n) is 2.32. The number of halogens is 2. The maximum Gasteiger partial charge on any atom is 0.252 e. The van der Waals surface area contributed by atoms with Crippen LogP contribution in [0.1, 0.15) is 16.8 Å². The highest BCUT2D eigenvalue weighted by atomic mass is 79.9. The fraction of sp³-hybridized carbons (Fsp3) is 0.263. The average molecular weight is 422 g/mol. The molecule has 7 heteroatoms. The van der Waals surface area contributed by atoms with Crippen LogP contribution < -0.4 is 15.5 Å². The first-order valence-corrected chi connectivity index (χ1v) is 9.03. The molecule has 0 saturated heterocycles. The summed E-state index contributed by atoms with van der Waals surface area (Å²) in [6, 6.07) is 13.8. The number of anilines is 1. The molecule has 2 amide bonds. The van der Waals surface area contributed by atoms with Gasteiger partial charge in [0.25, 0.3) is 5.91 Å². The van der Waals surface area contributed by atoms with Crippen LogP contribution in [-0.2, 0) is 4.79 Å². The summed E-state index contributed by atoms with van der Waals surface area (Å²) in [4.78, 5) is 25.9. The molecule has 2 aromatic rings. The van der Waals surface area contributed by atoms with Gasteiger partial charge in [-0.05, 0) is 46.3 Å². The van der Waals surface area contributed by atoms with Gasteiger partial charge in [-0.2, -0.15) is 0 Å². The summed E-state index contributed by atoms with van der Waals surface area (Å²) >= 11 is 3.21. The van der Waals surface area contributed by atoms with Gasteiger partial charge >= 0.3 is 0 Å². The zero-order valence-corrected chi connectivity index (χ0v) is 16.1. The lowest BCUT2D eigenvalue weighted by atomic mass is 10.2. The lowest BCUT2D eigenvalue weighted by molar-refractivity contribution is -0.120. The molecule has 0 radical (unpaired) electrons. The Morgan fingerprint density at radius 2 is 1.81 bits per heavy atom. The van der Waals surface area contributed by atoms with Crippen molar-refractivity contribution in [2.24, 2.45) is 0 Å². The minimum atomic E-state index is -0.487. The Bertz CT molecular complexity index is 756. The number of hydrogen-bond acceptors (Lipinski definition) is 3. The second kappa shape index (κ2) is 9.91. The SMILES string of the molecule is CN(CCNC(=O)CCNC(=O)c1cc(F)ccc1Br)c1ccccc1. The standard InChI is InChI=1S/C19H21BrFN3O2/c1-24(15-5-3-2-4-6-15)12-11-22-18(25)9-10-23-19(26)16-13-14(21)7-8-17(16)20/h2-8,13H,9-12H2,1H3,(H,22,25)(H,23,26). The number of hydrogen-bond donors (Lipinski definition) is 2. The minimum Gasteiger partial charge on any atom is -0.373 e. The molecule has 26 heavy (non-hydrogen) atoms. The van der Waals surface area contributed by atoms with Crippen LogP contribution in [0, 0.1) is 5.82 Å². The topological polar surface area (TPSA) is 61.4 Å². The number of likely N-dealkylation sites (N-methyl/N-ethyl adjacent to an activating group) is 1. The molecule has 0 saturated carbocycles. The Labute approximate surface area is 160 Å². The normalized spacial score (nSPS) is 10.3. The van der Waals surface area contributed by atoms with Gasteiger partial charge in [-0.3, -0.25) is 9.59 Å². The second-order valence-electron chi connectivity index (χ2n) is 5.74. The van der Waals surface area contributed by atoms with Gasteiger partial charge in [0.15, 0.2) is 0 Å². The fourth-order valence-corrected chi connectivity index (χ4v) is 2.75. The molecule has 2 aromatic carbocycles. The average Bonchev–Trinajstić information content (AvgIpc) is 2.64. The quantitative estimate of drug-likeness (QED) is 0.688. The van der Waals surface area contributed by atoms with Crippen molar-refractivity contribution in [1.29, 1.82) is 0 Å². The molecule has 0 unspecified atom stereocenters. The van der Waals surface area contributed by atoms with E-state index in [2.05, 4.69) is 26.6 Å². The van der Waals surface area contributed by atoms with E-state index in [0.29, 0.717) is 17.6 Å². The number of carbonyl (C=O) groups is 2. The number of nitrogens with one attached hydrogen (secondary N) is 2. The van der Waals surface area contributed by atoms with E-state index >= 15 is 0 Å². The zero-order valence-electron chi connectivity index (χ0n) is 14.5. The molecule has 0 aliphatic carbocycles. The molecule has 2 rings (SSSR count). The van der Waals surface area contributed by atoms with E-state index in [9.17, 15) is 14.0 Å². The molecule has 5 nitrogen and oxygen atoms in total. The van der Waals surface area contributed by atoms with Gasteiger partial charge in [0.2, 0.25) is 5.91 Å². The van der Waals surface area contributed by atoms with E-state index in [-0.39, 0.29) is 24.4 Å². The van der Waals surface area contributed by atoms with Crippen molar-refractivity contribution in [3.63, 3.8) is 0 Å². The molecular weight excluding hydrogens is 401 g/mol. The van der Waals surface area contributed by atoms with E-state index in [1.54, 1.807) is 0 Å². The lowest BCUT2D eigenvalue weighted by Crippen LogP contribution is -2.35. The Morgan fingerprint density at radius 1 is 1.08 bits per heavy atom. The molecule has 0 heterocycles. The maximum absolute atomic E-state index is 13.2. The van der Waals surface area contributed by atoms with Crippen molar-refractivity contribution in [1.82, 2.24) is 10.6 Å². The molecule has 0 atom stereocenters. The molecule has 0 aromatic heterocycles. The van der Waals surface area contributed by atoms with Crippen LogP contribution in [0.25, 0.3) is 0 Å². The van der Waals surface area contributed by atoms with Crippen LogP contribution in [-0.4, -0.2) is 38.5 Å². The monoisotopic (exact) mass is 421 g/mol. The third-order valence-electron chi connectivity index (χ3n) is 3.78. The van der Waals surface area contributed by atoms with Gasteiger partial charge in [0, 0.05) is 43.3 Å². The van der Waals surface area contributed by atoms with Crippen LogP contribution >= 0.6 is 15.9 Å². The number of nitrogens with zero attached hydrogens (tertiary/aromatic N) is 1. The van der Waals surface area contributed by atoms with Crippen molar-refractivity contribution in [3.05, 3.63) is 64.4 Å². The maximum atomic E-state index is 13.2. The van der Waals surface area contributed by atoms with Crippen molar-refractivity contribution in [3.8, 4) is 0 Å². The number of amides is 2. The summed E-state index contributed by atoms with van der Waals surface area (Å²) < 4.78 is 13.7. The van der Waals surface area contributed by atoms with Gasteiger partial charge in [-0.1, -0.05) is 18.2 Å². The molecule has 138 valence electrons. The van der Waals surface area contributed by atoms with Gasteiger partial charge in [-0.25, -0.2) is 4.39 Å². The highest BCUT2D eigenvalue weighted by molar-refractivity contribution is 9.10. The first-order valence-electron chi connectivity index (χ1n) is 8.23. The Kier molecular flexibility index (Phi) is 7.59. The van der Waals surface area contributed by atoms with Gasteiger partial charge in [0.1, 0.15) is 5.82 Å². The van der Waals surface area contributed by atoms with E-state index in [4.69, 9.17) is 0 Å². The van der Waals surface area contributed by atoms with E-state index < -0.39 is 11.7 Å². The highest BCUT2D eigenvalue weighted by Crippen LogP contribution is 2.17. The summed E-state index contributed by atoms with van der Waals surface area (Å²) in [5, 5.41) is 5.43. The van der Waals surface area contributed by atoms with E-state index in [1.807, 2.05) is 42.3 Å². The van der Waals surface area contributed by atoms with Crippen molar-refractivity contribution >= 4 is 33.4 Å². The Morgan fingerprint density at radius 3 is 2.54 bits per heavy atom. The summed E-state index contributed by atoms with van der Waals surface area (Å²) in [5.74, 6) is -1.06. The molecular formula is C19H21BrFN3O2. The summed E-state index contributed by atoms with van der Waals surface area (Å²) in [7, 11) is 1.96. The predicted molar refractivity (Wildman–Crippen MR) is 104 cm³/mol. The predicted octanol–water partition coefficient (Wildman–Crippen LogP) is 2.96. The first-order chi connectivity index (χ1) is 12.5. The summed E-state index contributed by atoms with van der Waals surface area (Å²) in [6.07, 6.45) is 0.160. The Balaban J connectivity index is 1.67. The number of rotatable bonds is 8. The van der Waals surface area contributed by atoms with Crippen LogP contribution in [0.2, 0.25) is 0 Å². The molecule has 0 bridgehead atoms. The molecule has 0 aliphatic heterocycles.